The van der Waals surface area contributed by atoms with E-state index < -0.39 is 0 Å². The molecule has 3 nitrogen and oxygen atoms in total. The predicted octanol–water partition coefficient (Wildman–Crippen LogP) is 6.16. The lowest BCUT2D eigenvalue weighted by atomic mass is 10.1. The fourth-order valence-electron chi connectivity index (χ4n) is 2.77. The minimum atomic E-state index is 0.466. The number of nitrogens with one attached hydrogen (secondary N) is 1. The molecule has 0 aliphatic carbocycles. The van der Waals surface area contributed by atoms with E-state index in [0.717, 1.165) is 16.8 Å². The standard InChI is InChI=1S/C23H24ClNO2/c1-16-9-10-20(11-17(16)2)25-14-19-12-22(26-3)23(13-21(19)24)27-15-18-7-5-4-6-8-18/h4-13,25H,14-15H2,1-3H3. The maximum absolute atomic E-state index is 6.49. The molecule has 3 aromatic carbocycles. The zero-order valence-corrected chi connectivity index (χ0v) is 16.6. The van der Waals surface area contributed by atoms with Gasteiger partial charge in [0.15, 0.2) is 11.5 Å². The van der Waals surface area contributed by atoms with Crippen LogP contribution in [0, 0.1) is 13.8 Å². The normalized spacial score (nSPS) is 10.5. The first-order chi connectivity index (χ1) is 13.1. The summed E-state index contributed by atoms with van der Waals surface area (Å²) in [7, 11) is 1.64. The number of halogens is 1. The molecular formula is C23H24ClNO2. The Morgan fingerprint density at radius 1 is 0.889 bits per heavy atom. The smallest absolute Gasteiger partial charge is 0.163 e. The van der Waals surface area contributed by atoms with Crippen LogP contribution in [-0.4, -0.2) is 7.11 Å². The summed E-state index contributed by atoms with van der Waals surface area (Å²) in [5.74, 6) is 1.31. The Balaban J connectivity index is 1.72. The van der Waals surface area contributed by atoms with Gasteiger partial charge >= 0.3 is 0 Å². The quantitative estimate of drug-likeness (QED) is 0.531. The molecule has 0 aliphatic rings. The molecule has 0 aliphatic heterocycles. The van der Waals surface area contributed by atoms with Crippen LogP contribution >= 0.6 is 11.6 Å². The average molecular weight is 382 g/mol. The summed E-state index contributed by atoms with van der Waals surface area (Å²) in [6.45, 7) is 5.29. The Hall–Kier alpha value is -2.65. The number of ether oxygens (including phenoxy) is 2. The van der Waals surface area contributed by atoms with Crippen molar-refractivity contribution in [2.75, 3.05) is 12.4 Å². The lowest BCUT2D eigenvalue weighted by Crippen LogP contribution is -2.03. The molecule has 0 unspecified atom stereocenters. The molecule has 0 spiro atoms. The predicted molar refractivity (Wildman–Crippen MR) is 112 cm³/mol. The van der Waals surface area contributed by atoms with E-state index in [9.17, 15) is 0 Å². The minimum absolute atomic E-state index is 0.466. The van der Waals surface area contributed by atoms with Gasteiger partial charge in [-0.3, -0.25) is 0 Å². The van der Waals surface area contributed by atoms with Crippen LogP contribution in [0.4, 0.5) is 5.69 Å². The highest BCUT2D eigenvalue weighted by molar-refractivity contribution is 6.31. The number of hydrogen-bond donors (Lipinski definition) is 1. The van der Waals surface area contributed by atoms with Crippen molar-refractivity contribution in [1.82, 2.24) is 0 Å². The fraction of sp³-hybridized carbons (Fsp3) is 0.217. The number of anilines is 1. The molecule has 0 radical (unpaired) electrons. The van der Waals surface area contributed by atoms with E-state index in [1.54, 1.807) is 7.11 Å². The van der Waals surface area contributed by atoms with Crippen LogP contribution in [-0.2, 0) is 13.2 Å². The molecule has 27 heavy (non-hydrogen) atoms. The number of benzene rings is 3. The van der Waals surface area contributed by atoms with Crippen LogP contribution in [0.2, 0.25) is 5.02 Å². The molecule has 4 heteroatoms. The van der Waals surface area contributed by atoms with E-state index >= 15 is 0 Å². The summed E-state index contributed by atoms with van der Waals surface area (Å²) < 4.78 is 11.4. The van der Waals surface area contributed by atoms with Gasteiger partial charge in [-0.2, -0.15) is 0 Å². The maximum Gasteiger partial charge on any atom is 0.163 e. The highest BCUT2D eigenvalue weighted by Crippen LogP contribution is 2.34. The third-order valence-electron chi connectivity index (χ3n) is 4.56. The maximum atomic E-state index is 6.49. The molecular weight excluding hydrogens is 358 g/mol. The van der Waals surface area contributed by atoms with Crippen molar-refractivity contribution in [2.45, 2.75) is 27.0 Å². The van der Waals surface area contributed by atoms with Crippen LogP contribution in [0.3, 0.4) is 0 Å². The van der Waals surface area contributed by atoms with Gasteiger partial charge in [0.2, 0.25) is 0 Å². The largest absolute Gasteiger partial charge is 0.493 e. The van der Waals surface area contributed by atoms with Gasteiger partial charge < -0.3 is 14.8 Å². The summed E-state index contributed by atoms with van der Waals surface area (Å²) in [5, 5.41) is 4.07. The number of aryl methyl sites for hydroxylation is 2. The molecule has 0 saturated heterocycles. The topological polar surface area (TPSA) is 30.5 Å². The molecule has 0 heterocycles. The van der Waals surface area contributed by atoms with Crippen LogP contribution in [0.1, 0.15) is 22.3 Å². The van der Waals surface area contributed by atoms with Crippen LogP contribution in [0.25, 0.3) is 0 Å². The van der Waals surface area contributed by atoms with Gasteiger partial charge in [-0.05, 0) is 54.3 Å². The van der Waals surface area contributed by atoms with Crippen molar-refractivity contribution in [2.24, 2.45) is 0 Å². The van der Waals surface area contributed by atoms with Crippen molar-refractivity contribution in [3.63, 3.8) is 0 Å². The molecule has 3 aromatic rings. The first kappa shape index (κ1) is 19.1. The molecule has 0 amide bonds. The molecule has 0 bridgehead atoms. The van der Waals surface area contributed by atoms with Crippen molar-refractivity contribution >= 4 is 17.3 Å². The Morgan fingerprint density at radius 3 is 2.37 bits per heavy atom. The molecule has 0 aromatic heterocycles. The molecule has 1 N–H and O–H groups in total. The molecule has 0 fully saturated rings. The van der Waals surface area contributed by atoms with Gasteiger partial charge in [0.25, 0.3) is 0 Å². The number of rotatable bonds is 7. The first-order valence-corrected chi connectivity index (χ1v) is 9.29. The van der Waals surface area contributed by atoms with Gasteiger partial charge in [0.05, 0.1) is 7.11 Å². The second-order valence-corrected chi connectivity index (χ2v) is 6.93. The Kier molecular flexibility index (Phi) is 6.25. The van der Waals surface area contributed by atoms with E-state index in [1.165, 1.54) is 11.1 Å². The fourth-order valence-corrected chi connectivity index (χ4v) is 2.99. The van der Waals surface area contributed by atoms with Crippen LogP contribution in [0.15, 0.2) is 60.7 Å². The van der Waals surface area contributed by atoms with E-state index in [4.69, 9.17) is 21.1 Å². The molecule has 0 saturated carbocycles. The van der Waals surface area contributed by atoms with E-state index in [0.29, 0.717) is 29.7 Å². The number of methoxy groups -OCH3 is 1. The first-order valence-electron chi connectivity index (χ1n) is 8.91. The Morgan fingerprint density at radius 2 is 1.67 bits per heavy atom. The van der Waals surface area contributed by atoms with E-state index in [-0.39, 0.29) is 0 Å². The van der Waals surface area contributed by atoms with Crippen LogP contribution < -0.4 is 14.8 Å². The molecule has 3 rings (SSSR count). The summed E-state index contributed by atoms with van der Waals surface area (Å²) in [6, 6.07) is 20.1. The third-order valence-corrected chi connectivity index (χ3v) is 4.91. The lowest BCUT2D eigenvalue weighted by Gasteiger charge is -2.15. The average Bonchev–Trinajstić information content (AvgIpc) is 2.69. The highest BCUT2D eigenvalue weighted by Gasteiger charge is 2.11. The third kappa shape index (κ3) is 4.95. The summed E-state index contributed by atoms with van der Waals surface area (Å²) in [6.07, 6.45) is 0. The Labute approximate surface area is 165 Å². The monoisotopic (exact) mass is 381 g/mol. The van der Waals surface area contributed by atoms with Crippen molar-refractivity contribution in [3.05, 3.63) is 87.9 Å². The SMILES string of the molecule is COc1cc(CNc2ccc(C)c(C)c2)c(Cl)cc1OCc1ccccc1. The summed E-state index contributed by atoms with van der Waals surface area (Å²) >= 11 is 6.49. The van der Waals surface area contributed by atoms with Crippen molar-refractivity contribution in [1.29, 1.82) is 0 Å². The minimum Gasteiger partial charge on any atom is -0.493 e. The van der Waals surface area contributed by atoms with Gasteiger partial charge in [0.1, 0.15) is 6.61 Å². The summed E-state index contributed by atoms with van der Waals surface area (Å²) in [4.78, 5) is 0. The second kappa shape index (κ2) is 8.83. The van der Waals surface area contributed by atoms with Crippen molar-refractivity contribution < 1.29 is 9.47 Å². The number of hydrogen-bond acceptors (Lipinski definition) is 3. The van der Waals surface area contributed by atoms with Crippen LogP contribution in [0.5, 0.6) is 11.5 Å². The van der Waals surface area contributed by atoms with Gasteiger partial charge in [0, 0.05) is 23.3 Å². The van der Waals surface area contributed by atoms with E-state index in [1.807, 2.05) is 42.5 Å². The molecule has 140 valence electrons. The Bertz CT molecular complexity index is 910. The van der Waals surface area contributed by atoms with Gasteiger partial charge in [-0.25, -0.2) is 0 Å². The zero-order valence-electron chi connectivity index (χ0n) is 15.9. The second-order valence-electron chi connectivity index (χ2n) is 6.52. The summed E-state index contributed by atoms with van der Waals surface area (Å²) in [5.41, 5.74) is 5.65. The lowest BCUT2D eigenvalue weighted by molar-refractivity contribution is 0.284. The van der Waals surface area contributed by atoms with Gasteiger partial charge in [-0.15, -0.1) is 0 Å². The zero-order chi connectivity index (χ0) is 19.2. The molecule has 0 atom stereocenters. The van der Waals surface area contributed by atoms with Gasteiger partial charge in [-0.1, -0.05) is 48.0 Å². The van der Waals surface area contributed by atoms with Crippen molar-refractivity contribution in [3.8, 4) is 11.5 Å². The highest BCUT2D eigenvalue weighted by atomic mass is 35.5. The van der Waals surface area contributed by atoms with E-state index in [2.05, 4.69) is 37.4 Å².